The van der Waals surface area contributed by atoms with Crippen molar-refractivity contribution in [2.24, 2.45) is 10.9 Å². The first-order valence-corrected chi connectivity index (χ1v) is 11.8. The van der Waals surface area contributed by atoms with E-state index in [1.807, 2.05) is 0 Å². The second-order valence-electron chi connectivity index (χ2n) is 9.46. The normalized spacial score (nSPS) is 17.7. The Hall–Kier alpha value is -3.65. The van der Waals surface area contributed by atoms with Crippen LogP contribution in [0.5, 0.6) is 0 Å². The minimum absolute atomic E-state index is 0.0999. The molecule has 0 saturated heterocycles. The monoisotopic (exact) mass is 428 g/mol. The van der Waals surface area contributed by atoms with Crippen LogP contribution in [0.3, 0.4) is 0 Å². The highest BCUT2D eigenvalue weighted by molar-refractivity contribution is 5.84. The molecule has 4 aromatic rings. The van der Waals surface area contributed by atoms with E-state index in [-0.39, 0.29) is 12.1 Å². The number of aliphatic imine (C=N–C) groups is 1. The first-order valence-electron chi connectivity index (χ1n) is 11.8. The third-order valence-electron chi connectivity index (χ3n) is 7.27. The third kappa shape index (κ3) is 2.90. The summed E-state index contributed by atoms with van der Waals surface area (Å²) in [6, 6.07) is 39.7. The van der Waals surface area contributed by atoms with Gasteiger partial charge in [-0.2, -0.15) is 0 Å². The van der Waals surface area contributed by atoms with Gasteiger partial charge in [0, 0.05) is 0 Å². The molecular weight excluding hydrogens is 400 g/mol. The van der Waals surface area contributed by atoms with Gasteiger partial charge in [0.1, 0.15) is 5.54 Å². The van der Waals surface area contributed by atoms with Crippen LogP contribution in [0.2, 0.25) is 0 Å². The summed E-state index contributed by atoms with van der Waals surface area (Å²) in [4.78, 5) is 7.93. The molecule has 2 aliphatic rings. The van der Waals surface area contributed by atoms with Crippen LogP contribution in [0, 0.1) is 5.92 Å². The summed E-state index contributed by atoms with van der Waals surface area (Å²) in [5.41, 5.74) is 7.45. The third-order valence-corrected chi connectivity index (χ3v) is 7.27. The van der Waals surface area contributed by atoms with Gasteiger partial charge in [0.25, 0.3) is 0 Å². The van der Waals surface area contributed by atoms with Gasteiger partial charge in [-0.3, -0.25) is 4.99 Å². The van der Waals surface area contributed by atoms with Gasteiger partial charge in [0.2, 0.25) is 0 Å². The topological polar surface area (TPSA) is 15.6 Å². The van der Waals surface area contributed by atoms with Crippen molar-refractivity contribution in [1.82, 2.24) is 4.90 Å². The van der Waals surface area contributed by atoms with Crippen molar-refractivity contribution in [2.75, 3.05) is 0 Å². The molecule has 0 N–H and O–H groups in total. The van der Waals surface area contributed by atoms with Crippen molar-refractivity contribution in [3.63, 3.8) is 0 Å². The van der Waals surface area contributed by atoms with Crippen molar-refractivity contribution in [3.05, 3.63) is 131 Å². The molecule has 0 radical (unpaired) electrons. The molecule has 33 heavy (non-hydrogen) atoms. The summed E-state index contributed by atoms with van der Waals surface area (Å²) in [6.07, 6.45) is 2.13. The molecule has 1 aliphatic carbocycles. The van der Waals surface area contributed by atoms with Crippen molar-refractivity contribution in [1.29, 1.82) is 0 Å². The maximum atomic E-state index is 5.41. The lowest BCUT2D eigenvalue weighted by Crippen LogP contribution is -2.48. The largest absolute Gasteiger partial charge is 0.345 e. The number of hydrogen-bond acceptors (Lipinski definition) is 2. The molecule has 0 saturated carbocycles. The Morgan fingerprint density at radius 2 is 1.09 bits per heavy atom. The zero-order chi connectivity index (χ0) is 22.4. The average Bonchev–Trinajstić information content (AvgIpc) is 3.39. The minimum Gasteiger partial charge on any atom is -0.345 e. The molecule has 162 valence electrons. The van der Waals surface area contributed by atoms with Gasteiger partial charge >= 0.3 is 0 Å². The molecule has 1 aliphatic heterocycles. The lowest BCUT2D eigenvalue weighted by Gasteiger charge is -2.42. The first-order chi connectivity index (χ1) is 16.2. The van der Waals surface area contributed by atoms with Gasteiger partial charge in [-0.25, -0.2) is 0 Å². The number of hydrogen-bond donors (Lipinski definition) is 0. The lowest BCUT2D eigenvalue weighted by atomic mass is 9.75. The first kappa shape index (κ1) is 20.0. The van der Waals surface area contributed by atoms with Gasteiger partial charge in [0.05, 0.1) is 18.4 Å². The predicted molar refractivity (Wildman–Crippen MR) is 136 cm³/mol. The van der Waals surface area contributed by atoms with E-state index in [1.165, 1.54) is 33.4 Å². The average molecular weight is 429 g/mol. The zero-order valence-electron chi connectivity index (χ0n) is 19.1. The molecular formula is C31H28N2. The lowest BCUT2D eigenvalue weighted by molar-refractivity contribution is 0.178. The molecule has 0 bridgehead atoms. The number of nitrogens with zero attached hydrogens (tertiary/aromatic N) is 2. The second-order valence-corrected chi connectivity index (χ2v) is 9.46. The molecule has 0 fully saturated rings. The fraction of sp³-hybridized carbons (Fsp3) is 0.194. The van der Waals surface area contributed by atoms with Crippen LogP contribution in [0.25, 0.3) is 11.1 Å². The summed E-state index contributed by atoms with van der Waals surface area (Å²) >= 11 is 0. The van der Waals surface area contributed by atoms with Crippen LogP contribution in [0.1, 0.15) is 42.1 Å². The summed E-state index contributed by atoms with van der Waals surface area (Å²) in [7, 11) is 0. The van der Waals surface area contributed by atoms with E-state index < -0.39 is 5.54 Å². The molecule has 0 aromatic heterocycles. The van der Waals surface area contributed by atoms with E-state index in [0.717, 1.165) is 0 Å². The zero-order valence-corrected chi connectivity index (χ0v) is 19.1. The van der Waals surface area contributed by atoms with E-state index in [1.54, 1.807) is 0 Å². The van der Waals surface area contributed by atoms with Crippen molar-refractivity contribution in [2.45, 2.75) is 31.5 Å². The van der Waals surface area contributed by atoms with Crippen LogP contribution in [0.4, 0.5) is 0 Å². The molecule has 4 aromatic carbocycles. The van der Waals surface area contributed by atoms with Gasteiger partial charge in [-0.15, -0.1) is 0 Å². The van der Waals surface area contributed by atoms with Crippen LogP contribution >= 0.6 is 0 Å². The molecule has 2 heteroatoms. The predicted octanol–water partition coefficient (Wildman–Crippen LogP) is 7.07. The molecule has 2 nitrogen and oxygen atoms in total. The summed E-state index contributed by atoms with van der Waals surface area (Å²) in [5.74, 6) is 0.390. The summed E-state index contributed by atoms with van der Waals surface area (Å²) < 4.78 is 0. The Morgan fingerprint density at radius 1 is 0.636 bits per heavy atom. The minimum atomic E-state index is -0.400. The van der Waals surface area contributed by atoms with Gasteiger partial charge < -0.3 is 4.90 Å². The fourth-order valence-corrected chi connectivity index (χ4v) is 6.09. The van der Waals surface area contributed by atoms with Crippen molar-refractivity contribution in [3.8, 4) is 11.1 Å². The molecule has 1 unspecified atom stereocenters. The Morgan fingerprint density at radius 3 is 1.58 bits per heavy atom. The van der Waals surface area contributed by atoms with E-state index in [0.29, 0.717) is 5.92 Å². The highest BCUT2D eigenvalue weighted by Gasteiger charge is 2.55. The second kappa shape index (κ2) is 7.74. The summed E-state index contributed by atoms with van der Waals surface area (Å²) in [6.45, 7) is 4.68. The maximum Gasteiger partial charge on any atom is 0.134 e. The molecule has 1 spiro atoms. The number of rotatable bonds is 4. The van der Waals surface area contributed by atoms with Crippen LogP contribution in [-0.4, -0.2) is 17.3 Å². The highest BCUT2D eigenvalue weighted by Crippen LogP contribution is 2.56. The quantitative estimate of drug-likeness (QED) is 0.339. The molecule has 6 rings (SSSR count). The maximum absolute atomic E-state index is 5.41. The van der Waals surface area contributed by atoms with E-state index >= 15 is 0 Å². The van der Waals surface area contributed by atoms with Crippen LogP contribution in [0.15, 0.2) is 114 Å². The standard InChI is InChI=1S/C31H28N2/c1-22(2)30-31(27-19-11-9-17-25(27)26-18-10-12-20-28(26)31)32-21-33(30)29(23-13-5-3-6-14-23)24-15-7-4-8-16-24/h3-22,29-30H,1-2H3. The van der Waals surface area contributed by atoms with Crippen LogP contribution < -0.4 is 0 Å². The van der Waals surface area contributed by atoms with Gasteiger partial charge in [-0.1, -0.05) is 123 Å². The van der Waals surface area contributed by atoms with E-state index in [9.17, 15) is 0 Å². The smallest absolute Gasteiger partial charge is 0.134 e. The van der Waals surface area contributed by atoms with Gasteiger partial charge in [-0.05, 0) is 39.3 Å². The summed E-state index contributed by atoms with van der Waals surface area (Å²) in [5, 5.41) is 0. The fourth-order valence-electron chi connectivity index (χ4n) is 6.09. The van der Waals surface area contributed by atoms with E-state index in [2.05, 4.69) is 134 Å². The number of fused-ring (bicyclic) bond motifs is 5. The molecule has 1 atom stereocenters. The Kier molecular flexibility index (Phi) is 4.69. The highest BCUT2D eigenvalue weighted by atomic mass is 15.3. The Balaban J connectivity index is 1.57. The Bertz CT molecular complexity index is 1220. The van der Waals surface area contributed by atoms with Gasteiger partial charge in [0.15, 0.2) is 0 Å². The number of benzene rings is 4. The van der Waals surface area contributed by atoms with Crippen LogP contribution in [-0.2, 0) is 5.54 Å². The molecule has 0 amide bonds. The van der Waals surface area contributed by atoms with Crippen molar-refractivity contribution < 1.29 is 0 Å². The Labute approximate surface area is 196 Å². The molecule has 1 heterocycles. The van der Waals surface area contributed by atoms with Crippen molar-refractivity contribution >= 4 is 6.34 Å². The SMILES string of the molecule is CC(C)C1N(C(c2ccccc2)c2ccccc2)C=NC12c1ccccc1-c1ccccc12. The van der Waals surface area contributed by atoms with E-state index in [4.69, 9.17) is 4.99 Å².